The number of carboxylic acid groups (broad SMARTS) is 1. The summed E-state index contributed by atoms with van der Waals surface area (Å²) >= 11 is 0. The van der Waals surface area contributed by atoms with Crippen molar-refractivity contribution in [2.24, 2.45) is 23.7 Å². The molecule has 1 aromatic carbocycles. The Kier molecular flexibility index (Phi) is 18.2. The first kappa shape index (κ1) is 44.6. The molecule has 0 bridgehead atoms. The van der Waals surface area contributed by atoms with Crippen molar-refractivity contribution in [1.82, 2.24) is 25.8 Å². The van der Waals surface area contributed by atoms with Crippen LogP contribution in [-0.4, -0.2) is 122 Å². The van der Waals surface area contributed by atoms with Crippen molar-refractivity contribution in [3.05, 3.63) is 35.9 Å². The Hall–Kier alpha value is -3.55. The van der Waals surface area contributed by atoms with Crippen molar-refractivity contribution >= 4 is 29.6 Å². The molecule has 52 heavy (non-hydrogen) atoms. The van der Waals surface area contributed by atoms with Crippen LogP contribution in [0.2, 0.25) is 0 Å². The zero-order chi connectivity index (χ0) is 39.3. The first-order valence-corrected chi connectivity index (χ1v) is 18.7. The van der Waals surface area contributed by atoms with E-state index in [0.29, 0.717) is 19.4 Å². The van der Waals surface area contributed by atoms with Gasteiger partial charge in [-0.3, -0.25) is 19.2 Å². The van der Waals surface area contributed by atoms with E-state index >= 15 is 0 Å². The van der Waals surface area contributed by atoms with Crippen LogP contribution in [0.3, 0.4) is 0 Å². The summed E-state index contributed by atoms with van der Waals surface area (Å²) in [6, 6.07) is 5.84. The van der Waals surface area contributed by atoms with Crippen LogP contribution >= 0.6 is 0 Å². The highest BCUT2D eigenvalue weighted by Gasteiger charge is 2.43. The van der Waals surface area contributed by atoms with Gasteiger partial charge < -0.3 is 40.3 Å². The molecule has 4 amide bonds. The molecule has 0 aromatic heterocycles. The van der Waals surface area contributed by atoms with E-state index in [9.17, 15) is 29.1 Å². The molecule has 1 aliphatic rings. The van der Waals surface area contributed by atoms with Crippen LogP contribution in [0.15, 0.2) is 30.3 Å². The van der Waals surface area contributed by atoms with Gasteiger partial charge in [-0.2, -0.15) is 0 Å². The first-order valence-electron chi connectivity index (χ1n) is 18.7. The van der Waals surface area contributed by atoms with Crippen LogP contribution in [0.5, 0.6) is 0 Å². The molecule has 13 heteroatoms. The van der Waals surface area contributed by atoms with Crippen LogP contribution in [0.4, 0.5) is 0 Å². The van der Waals surface area contributed by atoms with Gasteiger partial charge in [0.15, 0.2) is 0 Å². The lowest BCUT2D eigenvalue weighted by molar-refractivity contribution is -0.148. The fraction of sp³-hybridized carbons (Fsp3) is 0.718. The van der Waals surface area contributed by atoms with Gasteiger partial charge in [0.2, 0.25) is 23.6 Å². The minimum Gasteiger partial charge on any atom is -0.480 e. The maximum atomic E-state index is 14.1. The lowest BCUT2D eigenvalue weighted by atomic mass is 9.89. The van der Waals surface area contributed by atoms with Crippen LogP contribution < -0.4 is 16.0 Å². The van der Waals surface area contributed by atoms with E-state index in [1.807, 2.05) is 71.9 Å². The minimum atomic E-state index is -1.14. The molecule has 1 saturated heterocycles. The number of rotatable bonds is 21. The van der Waals surface area contributed by atoms with Gasteiger partial charge in [0.1, 0.15) is 12.1 Å². The van der Waals surface area contributed by atoms with Gasteiger partial charge in [-0.25, -0.2) is 4.79 Å². The summed E-state index contributed by atoms with van der Waals surface area (Å²) < 4.78 is 11.8. The second kappa shape index (κ2) is 21.2. The molecule has 0 unspecified atom stereocenters. The zero-order valence-electron chi connectivity index (χ0n) is 33.2. The number of benzene rings is 1. The molecule has 4 N–H and O–H groups in total. The Balaban J connectivity index is 2.26. The second-order valence-electron chi connectivity index (χ2n) is 14.9. The number of carboxylic acids is 1. The molecule has 1 aliphatic heterocycles. The number of hydrogen-bond acceptors (Lipinski definition) is 8. The van der Waals surface area contributed by atoms with E-state index in [0.717, 1.165) is 12.0 Å². The molecular weight excluding hydrogens is 666 g/mol. The Morgan fingerprint density at radius 2 is 1.54 bits per heavy atom. The summed E-state index contributed by atoms with van der Waals surface area (Å²) in [7, 11) is 6.46. The Morgan fingerprint density at radius 1 is 0.923 bits per heavy atom. The van der Waals surface area contributed by atoms with Gasteiger partial charge in [0.25, 0.3) is 0 Å². The molecule has 1 heterocycles. The Morgan fingerprint density at radius 3 is 2.04 bits per heavy atom. The number of carbonyl (C=O) groups excluding carboxylic acids is 4. The summed E-state index contributed by atoms with van der Waals surface area (Å²) in [6.07, 6.45) is 0.818. The fourth-order valence-electron chi connectivity index (χ4n) is 7.40. The lowest BCUT2D eigenvalue weighted by Crippen LogP contribution is -2.59. The number of nitrogens with zero attached hydrogens (tertiary/aromatic N) is 2. The molecule has 2 rings (SSSR count). The number of ether oxygens (including phenoxy) is 2. The highest BCUT2D eigenvalue weighted by molar-refractivity contribution is 5.90. The van der Waals surface area contributed by atoms with Crippen molar-refractivity contribution in [1.29, 1.82) is 0 Å². The predicted octanol–water partition coefficient (Wildman–Crippen LogP) is 3.10. The predicted molar refractivity (Wildman–Crippen MR) is 200 cm³/mol. The van der Waals surface area contributed by atoms with E-state index in [2.05, 4.69) is 16.0 Å². The van der Waals surface area contributed by atoms with E-state index in [4.69, 9.17) is 9.47 Å². The van der Waals surface area contributed by atoms with Gasteiger partial charge in [-0.15, -0.1) is 0 Å². The van der Waals surface area contributed by atoms with E-state index in [-0.39, 0.29) is 48.3 Å². The van der Waals surface area contributed by atoms with E-state index < -0.39 is 60.2 Å². The van der Waals surface area contributed by atoms with Crippen LogP contribution in [-0.2, 0) is 39.9 Å². The first-order chi connectivity index (χ1) is 24.5. The number of likely N-dealkylation sites (tertiary alicyclic amines) is 1. The average molecular weight is 732 g/mol. The average Bonchev–Trinajstić information content (AvgIpc) is 3.59. The molecule has 1 aromatic rings. The quantitative estimate of drug-likeness (QED) is 0.149. The van der Waals surface area contributed by atoms with Crippen molar-refractivity contribution < 1.29 is 38.6 Å². The molecule has 0 aliphatic carbocycles. The number of hydrogen-bond donors (Lipinski definition) is 4. The van der Waals surface area contributed by atoms with Crippen LogP contribution in [0.1, 0.15) is 79.7 Å². The number of likely N-dealkylation sites (N-methyl/N-ethyl adjacent to an activating group) is 2. The highest BCUT2D eigenvalue weighted by atomic mass is 16.5. The maximum absolute atomic E-state index is 14.1. The van der Waals surface area contributed by atoms with Crippen molar-refractivity contribution in [2.75, 3.05) is 34.9 Å². The molecule has 0 saturated carbocycles. The molecule has 0 spiro atoms. The summed E-state index contributed by atoms with van der Waals surface area (Å²) in [5, 5.41) is 18.5. The van der Waals surface area contributed by atoms with Gasteiger partial charge in [0, 0.05) is 34.2 Å². The number of methoxy groups -OCH3 is 2. The van der Waals surface area contributed by atoms with Gasteiger partial charge in [-0.1, -0.05) is 85.2 Å². The Bertz CT molecular complexity index is 1310. The maximum Gasteiger partial charge on any atom is 0.326 e. The molecule has 294 valence electrons. The summed E-state index contributed by atoms with van der Waals surface area (Å²) in [6.45, 7) is 13.9. The number of nitrogens with one attached hydrogen (secondary N) is 3. The third-order valence-corrected chi connectivity index (χ3v) is 10.6. The van der Waals surface area contributed by atoms with Crippen molar-refractivity contribution in [3.63, 3.8) is 0 Å². The van der Waals surface area contributed by atoms with E-state index in [1.165, 1.54) is 14.2 Å². The van der Waals surface area contributed by atoms with Crippen molar-refractivity contribution in [2.45, 2.75) is 123 Å². The molecule has 13 nitrogen and oxygen atoms in total. The van der Waals surface area contributed by atoms with Gasteiger partial charge in [-0.05, 0) is 43.2 Å². The van der Waals surface area contributed by atoms with Crippen molar-refractivity contribution in [3.8, 4) is 0 Å². The number of carbonyl (C=O) groups is 5. The highest BCUT2D eigenvalue weighted by Crippen LogP contribution is 2.29. The Labute approximate surface area is 310 Å². The number of aliphatic carboxylic acids is 1. The standard InChI is InChI=1S/C39H65N5O8/c1-12-25(6)34(43(9)38(48)33(24(4)5)42-37(47)32(40-8)23(2)3)30(51-10)22-31(45)44-20-16-19-29(44)35(52-11)26(7)36(46)41-28(39(49)50)21-27-17-14-13-15-18-27/h13-15,17-18,23-26,28-30,32-35,40H,12,16,19-22H2,1-11H3,(H,41,46)(H,42,47)(H,49,50)/t25-,26+,28-,29-,30+,32-,33-,34-,35+/m1/s1. The van der Waals surface area contributed by atoms with Gasteiger partial charge >= 0.3 is 5.97 Å². The molecule has 9 atom stereocenters. The summed E-state index contributed by atoms with van der Waals surface area (Å²) in [4.78, 5) is 70.3. The molecule has 0 radical (unpaired) electrons. The largest absolute Gasteiger partial charge is 0.480 e. The topological polar surface area (TPSA) is 167 Å². The van der Waals surface area contributed by atoms with Crippen LogP contribution in [0.25, 0.3) is 0 Å². The summed E-state index contributed by atoms with van der Waals surface area (Å²) in [5.74, 6) is -3.27. The SMILES string of the molecule is CC[C@@H](C)[C@H]([C@H](CC(=O)N1CCC[C@@H]1[C@@H](OC)[C@H](C)C(=O)N[C@H](Cc1ccccc1)C(=O)O)OC)N(C)C(=O)[C@H](NC(=O)[C@H](NC)C(C)C)C(C)C. The second-order valence-corrected chi connectivity index (χ2v) is 14.9. The minimum absolute atomic E-state index is 0.0112. The molecule has 1 fully saturated rings. The third kappa shape index (κ3) is 11.7. The third-order valence-electron chi connectivity index (χ3n) is 10.6. The zero-order valence-corrected chi connectivity index (χ0v) is 33.2. The van der Waals surface area contributed by atoms with Gasteiger partial charge in [0.05, 0.1) is 42.7 Å². The monoisotopic (exact) mass is 731 g/mol. The fourth-order valence-corrected chi connectivity index (χ4v) is 7.40. The van der Waals surface area contributed by atoms with E-state index in [1.54, 1.807) is 30.8 Å². The number of amides is 4. The molecular formula is C39H65N5O8. The summed E-state index contributed by atoms with van der Waals surface area (Å²) in [5.41, 5.74) is 0.785. The van der Waals surface area contributed by atoms with Crippen LogP contribution in [0, 0.1) is 23.7 Å². The smallest absolute Gasteiger partial charge is 0.326 e. The lowest BCUT2D eigenvalue weighted by Gasteiger charge is -2.41. The normalized spacial score (nSPS) is 19.2.